The average molecular weight is 1360 g/mol. The fraction of sp³-hybridized carbons (Fsp3) is 0.225. The van der Waals surface area contributed by atoms with Crippen molar-refractivity contribution in [2.45, 2.75) is 89.0 Å². The SMILES string of the molecule is CCc1cc(Cl)c(N=Nc2c(Nc3c(C)cc(C)cc3C)nc(Nc3c(C)cc(C)cc3C)c(C#N)c2C)cc1Cl.CNCCCOCCOc1ccccc1.Cc1ccc(Nc2nc(Nc3ccc(C)cc3)c(N=Nc3cccc4c3C(=O)c3ccccc3C4=O)c(C)c2C#N)cc1. The molecule has 502 valence electrons. The number of rotatable bonds is 21. The summed E-state index contributed by atoms with van der Waals surface area (Å²) in [5.41, 5.74) is 17.7. The van der Waals surface area contributed by atoms with E-state index in [2.05, 4.69) is 111 Å². The Hall–Kier alpha value is -10.9. The molecule has 0 atom stereocenters. The quantitative estimate of drug-likeness (QED) is 0.0333. The summed E-state index contributed by atoms with van der Waals surface area (Å²) in [5, 5.41) is 56.1. The van der Waals surface area contributed by atoms with Crippen molar-refractivity contribution < 1.29 is 19.1 Å². The molecular weight excluding hydrogens is 1280 g/mol. The van der Waals surface area contributed by atoms with E-state index in [0.717, 1.165) is 93.4 Å². The Bertz CT molecular complexity index is 4730. The lowest BCUT2D eigenvalue weighted by atomic mass is 9.83. The number of benzene rings is 8. The van der Waals surface area contributed by atoms with Gasteiger partial charge in [0.05, 0.1) is 34.0 Å². The molecule has 0 saturated carbocycles. The molecule has 1 aliphatic carbocycles. The van der Waals surface area contributed by atoms with Crippen LogP contribution in [0.2, 0.25) is 10.0 Å². The zero-order valence-corrected chi connectivity index (χ0v) is 59.2. The molecule has 10 aromatic rings. The zero-order valence-electron chi connectivity index (χ0n) is 57.7. The van der Waals surface area contributed by atoms with E-state index in [1.54, 1.807) is 55.5 Å². The van der Waals surface area contributed by atoms with Gasteiger partial charge in [0.2, 0.25) is 0 Å². The van der Waals surface area contributed by atoms with Gasteiger partial charge in [-0.1, -0.05) is 156 Å². The van der Waals surface area contributed by atoms with Gasteiger partial charge in [-0.05, 0) is 178 Å². The lowest BCUT2D eigenvalue weighted by Gasteiger charge is -2.19. The largest absolute Gasteiger partial charge is 0.491 e. The highest BCUT2D eigenvalue weighted by Crippen LogP contribution is 2.43. The number of aryl methyl sites for hydroxylation is 9. The van der Waals surface area contributed by atoms with E-state index in [1.165, 1.54) is 11.1 Å². The van der Waals surface area contributed by atoms with Gasteiger partial charge in [0, 0.05) is 62.2 Å². The molecule has 2 heterocycles. The third kappa shape index (κ3) is 18.0. The van der Waals surface area contributed by atoms with E-state index < -0.39 is 0 Å². The predicted octanol–water partition coefficient (Wildman–Crippen LogP) is 21.1. The van der Waals surface area contributed by atoms with Gasteiger partial charge < -0.3 is 36.1 Å². The average Bonchev–Trinajstić information content (AvgIpc) is 0.746. The molecule has 0 amide bonds. The van der Waals surface area contributed by atoms with Gasteiger partial charge in [-0.25, -0.2) is 9.97 Å². The smallest absolute Gasteiger partial charge is 0.196 e. The fourth-order valence-corrected chi connectivity index (χ4v) is 11.8. The maximum absolute atomic E-state index is 13.5. The van der Waals surface area contributed by atoms with Crippen LogP contribution in [0.1, 0.15) is 118 Å². The molecule has 19 heteroatoms. The molecule has 2 aromatic heterocycles. The van der Waals surface area contributed by atoms with Gasteiger partial charge in [-0.15, -0.1) is 20.5 Å². The number of ketones is 2. The van der Waals surface area contributed by atoms with Gasteiger partial charge in [-0.3, -0.25) is 9.59 Å². The highest BCUT2D eigenvalue weighted by Gasteiger charge is 2.32. The van der Waals surface area contributed by atoms with Gasteiger partial charge >= 0.3 is 0 Å². The molecule has 99 heavy (non-hydrogen) atoms. The Morgan fingerprint density at radius 2 is 0.949 bits per heavy atom. The second-order valence-electron chi connectivity index (χ2n) is 24.1. The van der Waals surface area contributed by atoms with Crippen molar-refractivity contribution in [3.8, 4) is 17.9 Å². The number of nitriles is 2. The molecule has 17 nitrogen and oxygen atoms in total. The van der Waals surface area contributed by atoms with Crippen molar-refractivity contribution in [2.75, 3.05) is 54.7 Å². The van der Waals surface area contributed by atoms with Crippen molar-refractivity contribution in [1.82, 2.24) is 15.3 Å². The van der Waals surface area contributed by atoms with E-state index in [4.69, 9.17) is 42.6 Å². The number of anilines is 8. The second-order valence-corrected chi connectivity index (χ2v) is 24.9. The van der Waals surface area contributed by atoms with E-state index >= 15 is 0 Å². The number of azo groups is 2. The molecular formula is C80H79Cl2N13O4. The maximum atomic E-state index is 13.5. The summed E-state index contributed by atoms with van der Waals surface area (Å²) in [5.74, 6) is 2.03. The topological polar surface area (TPSA) is 236 Å². The van der Waals surface area contributed by atoms with Crippen LogP contribution in [0.3, 0.4) is 0 Å². The maximum Gasteiger partial charge on any atom is 0.196 e. The van der Waals surface area contributed by atoms with Crippen LogP contribution >= 0.6 is 23.2 Å². The first-order valence-electron chi connectivity index (χ1n) is 32.5. The van der Waals surface area contributed by atoms with Crippen LogP contribution in [-0.2, 0) is 11.2 Å². The number of para-hydroxylation sites is 1. The van der Waals surface area contributed by atoms with Crippen molar-refractivity contribution in [3.05, 3.63) is 262 Å². The molecule has 0 unspecified atom stereocenters. The molecule has 1 aliphatic rings. The van der Waals surface area contributed by atoms with Crippen LogP contribution in [0.25, 0.3) is 0 Å². The third-order valence-corrected chi connectivity index (χ3v) is 17.1. The molecule has 0 bridgehead atoms. The van der Waals surface area contributed by atoms with Crippen LogP contribution < -0.4 is 31.3 Å². The number of carbonyl (C=O) groups is 2. The highest BCUT2D eigenvalue weighted by molar-refractivity contribution is 6.35. The molecule has 0 spiro atoms. The van der Waals surface area contributed by atoms with Gasteiger partial charge in [0.25, 0.3) is 0 Å². The Labute approximate surface area is 589 Å². The third-order valence-electron chi connectivity index (χ3n) is 16.4. The van der Waals surface area contributed by atoms with Crippen LogP contribution in [-0.4, -0.2) is 54.9 Å². The normalized spacial score (nSPS) is 11.4. The van der Waals surface area contributed by atoms with Gasteiger partial charge in [0.1, 0.15) is 41.6 Å². The van der Waals surface area contributed by atoms with Crippen molar-refractivity contribution in [3.63, 3.8) is 0 Å². The van der Waals surface area contributed by atoms with Crippen molar-refractivity contribution in [1.29, 1.82) is 10.5 Å². The summed E-state index contributed by atoms with van der Waals surface area (Å²) in [6, 6.07) is 53.6. The number of hydrogen-bond donors (Lipinski definition) is 5. The number of fused-ring (bicyclic) bond motifs is 2. The minimum Gasteiger partial charge on any atom is -0.491 e. The molecule has 0 fully saturated rings. The fourth-order valence-electron chi connectivity index (χ4n) is 11.3. The minimum atomic E-state index is -0.289. The van der Waals surface area contributed by atoms with E-state index in [-0.39, 0.29) is 28.4 Å². The van der Waals surface area contributed by atoms with Gasteiger partial charge in [0.15, 0.2) is 34.8 Å². The molecule has 0 saturated heterocycles. The Kier molecular flexibility index (Phi) is 24.7. The van der Waals surface area contributed by atoms with Crippen LogP contribution in [0.15, 0.2) is 178 Å². The van der Waals surface area contributed by atoms with Crippen LogP contribution in [0, 0.1) is 91.9 Å². The Balaban J connectivity index is 0.000000192. The molecule has 0 radical (unpaired) electrons. The lowest BCUT2D eigenvalue weighted by molar-refractivity contribution is 0.0979. The highest BCUT2D eigenvalue weighted by atomic mass is 35.5. The molecule has 8 aromatic carbocycles. The summed E-state index contributed by atoms with van der Waals surface area (Å²) < 4.78 is 10.9. The predicted molar refractivity (Wildman–Crippen MR) is 399 cm³/mol. The summed E-state index contributed by atoms with van der Waals surface area (Å²) in [6.45, 7) is 25.0. The first-order chi connectivity index (χ1) is 47.7. The first kappa shape index (κ1) is 72.4. The lowest BCUT2D eigenvalue weighted by Crippen LogP contribution is -2.20. The van der Waals surface area contributed by atoms with Crippen LogP contribution in [0.4, 0.5) is 68.8 Å². The number of pyridine rings is 2. The summed E-state index contributed by atoms with van der Waals surface area (Å²) >= 11 is 13.0. The molecule has 11 rings (SSSR count). The number of hydrogen-bond acceptors (Lipinski definition) is 17. The number of halogens is 2. The summed E-state index contributed by atoms with van der Waals surface area (Å²) in [7, 11) is 1.94. The second kappa shape index (κ2) is 33.8. The number of nitrogens with one attached hydrogen (secondary N) is 5. The van der Waals surface area contributed by atoms with Crippen molar-refractivity contribution in [2.24, 2.45) is 20.5 Å². The molecule has 5 N–H and O–H groups in total. The zero-order chi connectivity index (χ0) is 70.9. The number of carbonyl (C=O) groups excluding carboxylic acids is 2. The minimum absolute atomic E-state index is 0.201. The first-order valence-corrected chi connectivity index (χ1v) is 33.3. The van der Waals surface area contributed by atoms with Gasteiger partial charge in [-0.2, -0.15) is 10.5 Å². The summed E-state index contributed by atoms with van der Waals surface area (Å²) in [6.07, 6.45) is 1.80. The summed E-state index contributed by atoms with van der Waals surface area (Å²) in [4.78, 5) is 36.4. The van der Waals surface area contributed by atoms with Crippen LogP contribution in [0.5, 0.6) is 5.75 Å². The Morgan fingerprint density at radius 1 is 0.475 bits per heavy atom. The number of ether oxygens (including phenoxy) is 2. The Morgan fingerprint density at radius 3 is 1.47 bits per heavy atom. The van der Waals surface area contributed by atoms with Crippen molar-refractivity contribution >= 4 is 104 Å². The standard InChI is InChI=1S/C35H26N6O2.C33H34Cl2N6.C12H19NO2/c1-20-11-15-23(16-12-20)37-34-28(19-36)22(3)31(35(39-34)38-24-17-13-21(2)14-18-24)41-40-29-10-6-9-27-30(29)33(43)26-8-5-4-7-25(26)32(27)42;1-9-24-14-27(35)28(15-26(24)34)40-41-31-23(8)25(16-36)32(37-29-19(4)10-17(2)11-20(29)5)39-33(31)38-30-21(6)12-18(3)13-22(30)7;1-13-8-5-9-14-10-11-15-12-6-3-2-4-7-12/h4-18H,1-3H3,(H2,37,38,39);10-15H,9H2,1-8H3,(H2,37,38,39);2-4,6-7,13H,5,8-11H2,1H3. The van der Waals surface area contributed by atoms with E-state index in [9.17, 15) is 20.1 Å². The number of aromatic nitrogens is 2. The number of nitrogens with zero attached hydrogens (tertiary/aromatic N) is 8. The molecule has 0 aliphatic heterocycles. The van der Waals surface area contributed by atoms with E-state index in [1.807, 2.05) is 134 Å². The van der Waals surface area contributed by atoms with E-state index in [0.29, 0.717) is 97.0 Å². The monoisotopic (exact) mass is 1360 g/mol.